The van der Waals surface area contributed by atoms with Crippen LogP contribution < -0.4 is 0 Å². The van der Waals surface area contributed by atoms with Crippen molar-refractivity contribution in [1.29, 1.82) is 5.26 Å². The first-order chi connectivity index (χ1) is 8.56. The summed E-state index contributed by atoms with van der Waals surface area (Å²) in [6.45, 7) is 0.148. The molecule has 1 aromatic rings. The van der Waals surface area contributed by atoms with Gasteiger partial charge in [-0.2, -0.15) is 5.26 Å². The minimum atomic E-state index is -0.944. The SMILES string of the molecule is CN(CCC(=O)O)C(=O)c1ccccc1CC#N. The lowest BCUT2D eigenvalue weighted by Gasteiger charge is -2.17. The lowest BCUT2D eigenvalue weighted by Crippen LogP contribution is -2.29. The summed E-state index contributed by atoms with van der Waals surface area (Å²) in [5, 5.41) is 17.3. The lowest BCUT2D eigenvalue weighted by molar-refractivity contribution is -0.137. The molecule has 0 spiro atoms. The second kappa shape index (κ2) is 6.40. The second-order valence-electron chi connectivity index (χ2n) is 3.86. The van der Waals surface area contributed by atoms with Crippen LogP contribution in [0.4, 0.5) is 0 Å². The summed E-state index contributed by atoms with van der Waals surface area (Å²) < 4.78 is 0. The van der Waals surface area contributed by atoms with Crippen molar-refractivity contribution in [2.75, 3.05) is 13.6 Å². The van der Waals surface area contributed by atoms with Gasteiger partial charge in [-0.3, -0.25) is 9.59 Å². The summed E-state index contributed by atoms with van der Waals surface area (Å²) in [5.41, 5.74) is 1.11. The fourth-order valence-corrected chi connectivity index (χ4v) is 1.54. The van der Waals surface area contributed by atoms with Crippen LogP contribution in [0.5, 0.6) is 0 Å². The van der Waals surface area contributed by atoms with Gasteiger partial charge in [0, 0.05) is 19.2 Å². The molecule has 94 valence electrons. The van der Waals surface area contributed by atoms with Crippen molar-refractivity contribution in [2.45, 2.75) is 12.8 Å². The van der Waals surface area contributed by atoms with E-state index in [1.165, 1.54) is 4.90 Å². The number of benzene rings is 1. The van der Waals surface area contributed by atoms with Gasteiger partial charge >= 0.3 is 5.97 Å². The van der Waals surface area contributed by atoms with Gasteiger partial charge in [0.2, 0.25) is 0 Å². The summed E-state index contributed by atoms with van der Waals surface area (Å²) >= 11 is 0. The first-order valence-electron chi connectivity index (χ1n) is 5.48. The number of hydrogen-bond acceptors (Lipinski definition) is 3. The molecule has 0 saturated carbocycles. The fraction of sp³-hybridized carbons (Fsp3) is 0.308. The van der Waals surface area contributed by atoms with E-state index in [1.807, 2.05) is 6.07 Å². The van der Waals surface area contributed by atoms with Crippen molar-refractivity contribution in [1.82, 2.24) is 4.90 Å². The van der Waals surface area contributed by atoms with E-state index in [0.717, 1.165) is 0 Å². The molecule has 0 fully saturated rings. The lowest BCUT2D eigenvalue weighted by atomic mass is 10.0. The molecule has 0 unspecified atom stereocenters. The van der Waals surface area contributed by atoms with Crippen LogP contribution in [0.3, 0.4) is 0 Å². The molecule has 0 aromatic heterocycles. The average Bonchev–Trinajstić information content (AvgIpc) is 2.36. The molecule has 1 rings (SSSR count). The number of nitrogens with zero attached hydrogens (tertiary/aromatic N) is 2. The highest BCUT2D eigenvalue weighted by molar-refractivity contribution is 5.95. The number of aliphatic carboxylic acids is 1. The van der Waals surface area contributed by atoms with Crippen molar-refractivity contribution in [3.63, 3.8) is 0 Å². The van der Waals surface area contributed by atoms with Gasteiger partial charge in [0.1, 0.15) is 0 Å². The Kier molecular flexibility index (Phi) is 4.88. The predicted octanol–water partition coefficient (Wildman–Crippen LogP) is 1.30. The van der Waals surface area contributed by atoms with Gasteiger partial charge in [0.05, 0.1) is 18.9 Å². The standard InChI is InChI=1S/C13H14N2O3/c1-15(9-7-12(16)17)13(18)11-5-3-2-4-10(11)6-8-14/h2-5H,6-7,9H2,1H3,(H,16,17). The minimum Gasteiger partial charge on any atom is -0.481 e. The normalized spacial score (nSPS) is 9.56. The van der Waals surface area contributed by atoms with Gasteiger partial charge in [0.15, 0.2) is 0 Å². The summed E-state index contributed by atoms with van der Waals surface area (Å²) in [7, 11) is 1.55. The highest BCUT2D eigenvalue weighted by Crippen LogP contribution is 2.12. The van der Waals surface area contributed by atoms with Crippen LogP contribution >= 0.6 is 0 Å². The molecule has 0 heterocycles. The van der Waals surface area contributed by atoms with E-state index in [9.17, 15) is 9.59 Å². The third-order valence-corrected chi connectivity index (χ3v) is 2.53. The number of carboxylic acids is 1. The molecule has 18 heavy (non-hydrogen) atoms. The highest BCUT2D eigenvalue weighted by atomic mass is 16.4. The highest BCUT2D eigenvalue weighted by Gasteiger charge is 2.15. The van der Waals surface area contributed by atoms with E-state index in [0.29, 0.717) is 11.1 Å². The summed E-state index contributed by atoms with van der Waals surface area (Å²) in [6, 6.07) is 8.86. The molecule has 5 nitrogen and oxygen atoms in total. The second-order valence-corrected chi connectivity index (χ2v) is 3.86. The van der Waals surface area contributed by atoms with Crippen LogP contribution in [0.1, 0.15) is 22.3 Å². The van der Waals surface area contributed by atoms with Gasteiger partial charge in [-0.25, -0.2) is 0 Å². The number of amides is 1. The molecule has 0 bridgehead atoms. The average molecular weight is 246 g/mol. The van der Waals surface area contributed by atoms with Crippen LogP contribution in [-0.4, -0.2) is 35.5 Å². The topological polar surface area (TPSA) is 81.4 Å². The van der Waals surface area contributed by atoms with Gasteiger partial charge in [0.25, 0.3) is 5.91 Å². The summed E-state index contributed by atoms with van der Waals surface area (Å²) in [5.74, 6) is -1.21. The maximum Gasteiger partial charge on any atom is 0.305 e. The zero-order chi connectivity index (χ0) is 13.5. The molecule has 5 heteroatoms. The van der Waals surface area contributed by atoms with Gasteiger partial charge < -0.3 is 10.0 Å². The maximum atomic E-state index is 12.1. The van der Waals surface area contributed by atoms with E-state index in [1.54, 1.807) is 31.3 Å². The van der Waals surface area contributed by atoms with E-state index >= 15 is 0 Å². The van der Waals surface area contributed by atoms with E-state index in [2.05, 4.69) is 0 Å². The van der Waals surface area contributed by atoms with Crippen LogP contribution in [0, 0.1) is 11.3 Å². The van der Waals surface area contributed by atoms with Crippen LogP contribution in [0.25, 0.3) is 0 Å². The molecular formula is C13H14N2O3. The molecule has 0 aliphatic rings. The molecule has 0 atom stereocenters. The predicted molar refractivity (Wildman–Crippen MR) is 65.0 cm³/mol. The Morgan fingerprint density at radius 3 is 2.67 bits per heavy atom. The van der Waals surface area contributed by atoms with Crippen molar-refractivity contribution in [2.24, 2.45) is 0 Å². The smallest absolute Gasteiger partial charge is 0.305 e. The molecule has 1 amide bonds. The van der Waals surface area contributed by atoms with Crippen molar-refractivity contribution >= 4 is 11.9 Å². The third kappa shape index (κ3) is 3.59. The van der Waals surface area contributed by atoms with E-state index < -0.39 is 5.97 Å². The molecule has 1 aromatic carbocycles. The Labute approximate surface area is 105 Å². The number of rotatable bonds is 5. The first kappa shape index (κ1) is 13.7. The Hall–Kier alpha value is -2.35. The van der Waals surface area contributed by atoms with E-state index in [4.69, 9.17) is 10.4 Å². The van der Waals surface area contributed by atoms with Gasteiger partial charge in [-0.05, 0) is 11.6 Å². The van der Waals surface area contributed by atoms with Crippen molar-refractivity contribution in [3.05, 3.63) is 35.4 Å². The number of carboxylic acid groups (broad SMARTS) is 1. The Morgan fingerprint density at radius 1 is 1.39 bits per heavy atom. The van der Waals surface area contributed by atoms with Crippen LogP contribution in [0.2, 0.25) is 0 Å². The molecule has 0 saturated heterocycles. The summed E-state index contributed by atoms with van der Waals surface area (Å²) in [6.07, 6.45) is 0.0668. The first-order valence-corrected chi connectivity index (χ1v) is 5.48. The number of hydrogen-bond donors (Lipinski definition) is 1. The monoisotopic (exact) mass is 246 g/mol. The minimum absolute atomic E-state index is 0.0946. The zero-order valence-electron chi connectivity index (χ0n) is 10.1. The maximum absolute atomic E-state index is 12.1. The van der Waals surface area contributed by atoms with Gasteiger partial charge in [-0.15, -0.1) is 0 Å². The Morgan fingerprint density at radius 2 is 2.06 bits per heavy atom. The largest absolute Gasteiger partial charge is 0.481 e. The number of carbonyl (C=O) groups is 2. The molecule has 0 radical (unpaired) electrons. The van der Waals surface area contributed by atoms with E-state index in [-0.39, 0.29) is 25.3 Å². The molecule has 1 N–H and O–H groups in total. The molecular weight excluding hydrogens is 232 g/mol. The zero-order valence-corrected chi connectivity index (χ0v) is 10.1. The molecule has 0 aliphatic carbocycles. The van der Waals surface area contributed by atoms with Crippen LogP contribution in [0.15, 0.2) is 24.3 Å². The molecule has 0 aliphatic heterocycles. The quantitative estimate of drug-likeness (QED) is 0.849. The Bertz CT molecular complexity index is 491. The summed E-state index contributed by atoms with van der Waals surface area (Å²) in [4.78, 5) is 23.9. The van der Waals surface area contributed by atoms with Gasteiger partial charge in [-0.1, -0.05) is 18.2 Å². The van der Waals surface area contributed by atoms with Crippen molar-refractivity contribution < 1.29 is 14.7 Å². The van der Waals surface area contributed by atoms with Crippen molar-refractivity contribution in [3.8, 4) is 6.07 Å². The number of carbonyl (C=O) groups excluding carboxylic acids is 1. The third-order valence-electron chi connectivity index (χ3n) is 2.53. The van der Waals surface area contributed by atoms with Crippen LogP contribution in [-0.2, 0) is 11.2 Å². The number of nitriles is 1. The fourth-order valence-electron chi connectivity index (χ4n) is 1.54. The Balaban J connectivity index is 2.83.